The van der Waals surface area contributed by atoms with Gasteiger partial charge in [0.05, 0.1) is 11.0 Å². The second-order valence-corrected chi connectivity index (χ2v) is 7.65. The van der Waals surface area contributed by atoms with Crippen LogP contribution in [0, 0.1) is 0 Å². The molecule has 1 saturated heterocycles. The van der Waals surface area contributed by atoms with Crippen molar-refractivity contribution in [2.45, 2.75) is 37.3 Å². The van der Waals surface area contributed by atoms with Gasteiger partial charge in [0.25, 0.3) is 0 Å². The Morgan fingerprint density at radius 2 is 1.83 bits per heavy atom. The molecule has 0 unspecified atom stereocenters. The summed E-state index contributed by atoms with van der Waals surface area (Å²) >= 11 is 0. The van der Waals surface area contributed by atoms with Gasteiger partial charge in [-0.15, -0.1) is 0 Å². The van der Waals surface area contributed by atoms with Gasteiger partial charge in [0.2, 0.25) is 11.8 Å². The van der Waals surface area contributed by atoms with Crippen molar-refractivity contribution in [2.24, 2.45) is 0 Å². The monoisotopic (exact) mass is 418 g/mol. The minimum Gasteiger partial charge on any atom is -0.381 e. The molecule has 0 spiro atoms. The zero-order valence-electron chi connectivity index (χ0n) is 16.1. The summed E-state index contributed by atoms with van der Waals surface area (Å²) in [6, 6.07) is 10.2. The molecule has 2 amide bonds. The van der Waals surface area contributed by atoms with Crippen molar-refractivity contribution in [2.75, 3.05) is 23.8 Å². The van der Waals surface area contributed by atoms with Crippen LogP contribution in [0.5, 0.6) is 0 Å². The predicted molar refractivity (Wildman–Crippen MR) is 105 cm³/mol. The van der Waals surface area contributed by atoms with E-state index < -0.39 is 17.2 Å². The third-order valence-corrected chi connectivity index (χ3v) is 5.78. The quantitative estimate of drug-likeness (QED) is 0.782. The van der Waals surface area contributed by atoms with Crippen LogP contribution < -0.4 is 10.6 Å². The van der Waals surface area contributed by atoms with Crippen molar-refractivity contribution in [1.29, 1.82) is 0 Å². The zero-order valence-corrected chi connectivity index (χ0v) is 16.1. The summed E-state index contributed by atoms with van der Waals surface area (Å²) in [6.45, 7) is 0.583. The molecule has 4 rings (SSSR count). The van der Waals surface area contributed by atoms with E-state index in [-0.39, 0.29) is 11.8 Å². The normalized spacial score (nSPS) is 18.3. The highest BCUT2D eigenvalue weighted by Gasteiger charge is 2.43. The number of carbonyl (C=O) groups is 2. The van der Waals surface area contributed by atoms with E-state index in [1.54, 1.807) is 24.3 Å². The Balaban J connectivity index is 1.65. The number of ether oxygens (including phenoxy) is 1. The molecule has 0 saturated carbocycles. The number of alkyl halides is 3. The average molecular weight is 418 g/mol. The molecule has 1 fully saturated rings. The van der Waals surface area contributed by atoms with Crippen molar-refractivity contribution < 1.29 is 27.5 Å². The minimum absolute atomic E-state index is 0.0509. The van der Waals surface area contributed by atoms with Crippen molar-refractivity contribution in [3.63, 3.8) is 0 Å². The molecule has 0 atom stereocenters. The highest BCUT2D eigenvalue weighted by atomic mass is 19.4. The van der Waals surface area contributed by atoms with Gasteiger partial charge in [0, 0.05) is 31.0 Å². The lowest BCUT2D eigenvalue weighted by molar-refractivity contribution is -0.138. The number of amides is 2. The van der Waals surface area contributed by atoms with Crippen LogP contribution in [0.3, 0.4) is 0 Å². The van der Waals surface area contributed by atoms with Crippen LogP contribution in [-0.2, 0) is 32.3 Å². The van der Waals surface area contributed by atoms with Crippen LogP contribution >= 0.6 is 0 Å². The molecule has 2 aliphatic heterocycles. The maximum absolute atomic E-state index is 13.4. The van der Waals surface area contributed by atoms with E-state index >= 15 is 0 Å². The summed E-state index contributed by atoms with van der Waals surface area (Å²) in [7, 11) is 0. The number of anilines is 2. The van der Waals surface area contributed by atoms with Crippen LogP contribution in [0.4, 0.5) is 24.5 Å². The number of nitrogens with one attached hydrogen (secondary N) is 2. The second-order valence-electron chi connectivity index (χ2n) is 7.65. The van der Waals surface area contributed by atoms with Crippen molar-refractivity contribution >= 4 is 23.2 Å². The van der Waals surface area contributed by atoms with Crippen LogP contribution in [0.15, 0.2) is 42.5 Å². The molecule has 2 aromatic rings. The van der Waals surface area contributed by atoms with E-state index in [4.69, 9.17) is 4.74 Å². The molecule has 8 heteroatoms. The fourth-order valence-corrected chi connectivity index (χ4v) is 4.07. The van der Waals surface area contributed by atoms with E-state index in [0.717, 1.165) is 17.7 Å². The smallest absolute Gasteiger partial charge is 0.381 e. The summed E-state index contributed by atoms with van der Waals surface area (Å²) in [5.41, 5.74) is 0.624. The number of hydrogen-bond acceptors (Lipinski definition) is 3. The van der Waals surface area contributed by atoms with E-state index in [0.29, 0.717) is 55.8 Å². The predicted octanol–water partition coefficient (Wildman–Crippen LogP) is 4.28. The molecular weight excluding hydrogens is 397 g/mol. The van der Waals surface area contributed by atoms with Gasteiger partial charge in [0.1, 0.15) is 0 Å². The lowest BCUT2D eigenvalue weighted by atomic mass is 9.73. The van der Waals surface area contributed by atoms with Gasteiger partial charge in [-0.2, -0.15) is 13.2 Å². The standard InChI is InChI=1S/C22H21F3N2O3/c23-22(24,25)16-3-1-2-15(13-16)21(8-10-30-11-9-21)20(29)26-17-5-6-18-14(12-17)4-7-19(28)27-18/h1-3,5-6,12-13H,4,7-11H2,(H,26,29)(H,27,28). The van der Waals surface area contributed by atoms with E-state index in [1.165, 1.54) is 6.07 Å². The van der Waals surface area contributed by atoms with Gasteiger partial charge in [-0.05, 0) is 54.7 Å². The van der Waals surface area contributed by atoms with Gasteiger partial charge >= 0.3 is 6.18 Å². The molecular formula is C22H21F3N2O3. The Hall–Kier alpha value is -2.87. The molecule has 5 nitrogen and oxygen atoms in total. The maximum atomic E-state index is 13.4. The first-order valence-electron chi connectivity index (χ1n) is 9.78. The number of carbonyl (C=O) groups excluding carboxylic acids is 2. The van der Waals surface area contributed by atoms with Crippen LogP contribution in [0.25, 0.3) is 0 Å². The summed E-state index contributed by atoms with van der Waals surface area (Å²) in [6.07, 6.45) is -2.96. The van der Waals surface area contributed by atoms with Gasteiger partial charge in [0.15, 0.2) is 0 Å². The van der Waals surface area contributed by atoms with E-state index in [1.807, 2.05) is 0 Å². The maximum Gasteiger partial charge on any atom is 0.416 e. The van der Waals surface area contributed by atoms with E-state index in [2.05, 4.69) is 10.6 Å². The fraction of sp³-hybridized carbons (Fsp3) is 0.364. The van der Waals surface area contributed by atoms with Gasteiger partial charge in [-0.3, -0.25) is 9.59 Å². The molecule has 2 aliphatic rings. The van der Waals surface area contributed by atoms with Crippen LogP contribution in [-0.4, -0.2) is 25.0 Å². The molecule has 158 valence electrons. The molecule has 0 radical (unpaired) electrons. The first-order chi connectivity index (χ1) is 14.3. The fourth-order valence-electron chi connectivity index (χ4n) is 4.07. The number of hydrogen-bond donors (Lipinski definition) is 2. The summed E-state index contributed by atoms with van der Waals surface area (Å²) in [4.78, 5) is 24.9. The van der Waals surface area contributed by atoms with E-state index in [9.17, 15) is 22.8 Å². The Morgan fingerprint density at radius 3 is 2.57 bits per heavy atom. The Kier molecular flexibility index (Phi) is 5.27. The summed E-state index contributed by atoms with van der Waals surface area (Å²) in [5.74, 6) is -0.407. The van der Waals surface area contributed by atoms with Gasteiger partial charge in [-0.25, -0.2) is 0 Å². The van der Waals surface area contributed by atoms with Crippen molar-refractivity contribution in [3.05, 3.63) is 59.2 Å². The molecule has 0 aliphatic carbocycles. The summed E-state index contributed by atoms with van der Waals surface area (Å²) < 4.78 is 45.1. The van der Waals surface area contributed by atoms with Gasteiger partial charge < -0.3 is 15.4 Å². The zero-order chi connectivity index (χ0) is 21.4. The summed E-state index contributed by atoms with van der Waals surface area (Å²) in [5, 5.41) is 5.66. The van der Waals surface area contributed by atoms with Crippen LogP contribution in [0.2, 0.25) is 0 Å². The van der Waals surface area contributed by atoms with Gasteiger partial charge in [-0.1, -0.05) is 18.2 Å². The number of fused-ring (bicyclic) bond motifs is 1. The first-order valence-corrected chi connectivity index (χ1v) is 9.78. The highest BCUT2D eigenvalue weighted by Crippen LogP contribution is 2.39. The number of benzene rings is 2. The topological polar surface area (TPSA) is 67.4 Å². The SMILES string of the molecule is O=C1CCc2cc(NC(=O)C3(c4cccc(C(F)(F)F)c4)CCOCC3)ccc2N1. The molecule has 2 heterocycles. The van der Waals surface area contributed by atoms with Crippen molar-refractivity contribution in [1.82, 2.24) is 0 Å². The Morgan fingerprint density at radius 1 is 1.07 bits per heavy atom. The highest BCUT2D eigenvalue weighted by molar-refractivity contribution is 6.00. The second kappa shape index (κ2) is 7.75. The molecule has 0 bridgehead atoms. The largest absolute Gasteiger partial charge is 0.416 e. The molecule has 2 aromatic carbocycles. The third kappa shape index (κ3) is 3.92. The number of rotatable bonds is 3. The third-order valence-electron chi connectivity index (χ3n) is 5.78. The lowest BCUT2D eigenvalue weighted by Crippen LogP contribution is -2.45. The van der Waals surface area contributed by atoms with Crippen LogP contribution in [0.1, 0.15) is 36.0 Å². The minimum atomic E-state index is -4.48. The molecule has 0 aromatic heterocycles. The molecule has 30 heavy (non-hydrogen) atoms. The Labute approximate surface area is 171 Å². The number of halogens is 3. The van der Waals surface area contributed by atoms with Crippen molar-refractivity contribution in [3.8, 4) is 0 Å². The average Bonchev–Trinajstić information content (AvgIpc) is 2.74. The molecule has 2 N–H and O–H groups in total. The number of aryl methyl sites for hydroxylation is 1. The lowest BCUT2D eigenvalue weighted by Gasteiger charge is -2.36. The first kappa shape index (κ1) is 20.4. The Bertz CT molecular complexity index is 982.